The van der Waals surface area contributed by atoms with Crippen molar-refractivity contribution in [2.24, 2.45) is 0 Å². The largest absolute Gasteiger partial charge is 0.381 e. The van der Waals surface area contributed by atoms with E-state index in [2.05, 4.69) is 56.6 Å². The summed E-state index contributed by atoms with van der Waals surface area (Å²) in [6.07, 6.45) is 5.70. The van der Waals surface area contributed by atoms with Crippen LogP contribution in [0.15, 0.2) is 47.2 Å². The van der Waals surface area contributed by atoms with Crippen LogP contribution >= 0.6 is 27.5 Å². The summed E-state index contributed by atoms with van der Waals surface area (Å²) in [6.45, 7) is 0.769. The van der Waals surface area contributed by atoms with Crippen LogP contribution in [0.25, 0.3) is 0 Å². The Hall–Kier alpha value is -1.06. The zero-order valence-electron chi connectivity index (χ0n) is 10.6. The van der Waals surface area contributed by atoms with Crippen molar-refractivity contribution in [2.45, 2.75) is 19.4 Å². The summed E-state index contributed by atoms with van der Waals surface area (Å²) in [6, 6.07) is 10.5. The number of hydrogen-bond acceptors (Lipinski definition) is 2. The highest BCUT2D eigenvalue weighted by molar-refractivity contribution is 9.10. The summed E-state index contributed by atoms with van der Waals surface area (Å²) in [5, 5.41) is 3.41. The summed E-state index contributed by atoms with van der Waals surface area (Å²) < 4.78 is 1.00. The number of nitrogens with zero attached hydrogens (tertiary/aromatic N) is 1. The van der Waals surface area contributed by atoms with Gasteiger partial charge in [-0.2, -0.15) is 0 Å². The molecule has 1 heterocycles. The SMILES string of the molecule is ClCCCc1cccc(NCc2cncc(Br)c2)c1. The van der Waals surface area contributed by atoms with Gasteiger partial charge in [-0.15, -0.1) is 11.6 Å². The molecule has 0 unspecified atom stereocenters. The van der Waals surface area contributed by atoms with Gasteiger partial charge in [-0.05, 0) is 58.1 Å². The first-order chi connectivity index (χ1) is 9.28. The van der Waals surface area contributed by atoms with E-state index in [9.17, 15) is 0 Å². The van der Waals surface area contributed by atoms with E-state index < -0.39 is 0 Å². The van der Waals surface area contributed by atoms with Crippen LogP contribution in [0, 0.1) is 0 Å². The van der Waals surface area contributed by atoms with Gasteiger partial charge in [0.25, 0.3) is 0 Å². The molecule has 19 heavy (non-hydrogen) atoms. The summed E-state index contributed by atoms with van der Waals surface area (Å²) >= 11 is 9.15. The average Bonchev–Trinajstić information content (AvgIpc) is 2.43. The molecule has 0 bridgehead atoms. The smallest absolute Gasteiger partial charge is 0.0416 e. The van der Waals surface area contributed by atoms with Crippen LogP contribution in [-0.2, 0) is 13.0 Å². The highest BCUT2D eigenvalue weighted by atomic mass is 79.9. The fourth-order valence-electron chi connectivity index (χ4n) is 1.86. The summed E-state index contributed by atoms with van der Waals surface area (Å²) in [7, 11) is 0. The quantitative estimate of drug-likeness (QED) is 0.776. The molecule has 1 aromatic heterocycles. The van der Waals surface area contributed by atoms with Crippen molar-refractivity contribution in [1.29, 1.82) is 0 Å². The van der Waals surface area contributed by atoms with E-state index in [0.717, 1.165) is 35.1 Å². The normalized spacial score (nSPS) is 10.4. The first kappa shape index (κ1) is 14.4. The maximum absolute atomic E-state index is 5.72. The van der Waals surface area contributed by atoms with Gasteiger partial charge in [-0.25, -0.2) is 0 Å². The maximum Gasteiger partial charge on any atom is 0.0416 e. The van der Waals surface area contributed by atoms with Crippen LogP contribution < -0.4 is 5.32 Å². The molecule has 0 spiro atoms. The van der Waals surface area contributed by atoms with Crippen molar-refractivity contribution in [2.75, 3.05) is 11.2 Å². The third-order valence-electron chi connectivity index (χ3n) is 2.78. The molecule has 0 aliphatic carbocycles. The number of pyridine rings is 1. The molecule has 0 aliphatic rings. The predicted octanol–water partition coefficient (Wildman–Crippen LogP) is 4.63. The number of alkyl halides is 1. The van der Waals surface area contributed by atoms with Gasteiger partial charge in [0.1, 0.15) is 0 Å². The van der Waals surface area contributed by atoms with Crippen molar-refractivity contribution in [3.05, 3.63) is 58.3 Å². The lowest BCUT2D eigenvalue weighted by molar-refractivity contribution is 0.928. The minimum Gasteiger partial charge on any atom is -0.381 e. The number of aromatic nitrogens is 1. The van der Waals surface area contributed by atoms with Crippen molar-refractivity contribution in [3.8, 4) is 0 Å². The summed E-state index contributed by atoms with van der Waals surface area (Å²) in [5.74, 6) is 0.710. The second-order valence-electron chi connectivity index (χ2n) is 4.36. The predicted molar refractivity (Wildman–Crippen MR) is 84.7 cm³/mol. The third-order valence-corrected chi connectivity index (χ3v) is 3.49. The Morgan fingerprint density at radius 2 is 2.05 bits per heavy atom. The molecule has 2 aromatic rings. The number of anilines is 1. The summed E-state index contributed by atoms with van der Waals surface area (Å²) in [5.41, 5.74) is 3.60. The van der Waals surface area contributed by atoms with Crippen LogP contribution in [0.5, 0.6) is 0 Å². The lowest BCUT2D eigenvalue weighted by atomic mass is 10.1. The molecule has 0 saturated heterocycles. The molecule has 0 saturated carbocycles. The molecule has 0 amide bonds. The topological polar surface area (TPSA) is 24.9 Å². The molecular formula is C15H16BrClN2. The van der Waals surface area contributed by atoms with E-state index in [-0.39, 0.29) is 0 Å². The minimum atomic E-state index is 0.710. The van der Waals surface area contributed by atoms with E-state index in [1.54, 1.807) is 6.20 Å². The Morgan fingerprint density at radius 1 is 1.16 bits per heavy atom. The van der Waals surface area contributed by atoms with Crippen LogP contribution in [0.4, 0.5) is 5.69 Å². The Balaban J connectivity index is 1.95. The molecule has 0 fully saturated rings. The molecule has 1 aromatic carbocycles. The molecule has 2 nitrogen and oxygen atoms in total. The second kappa shape index (κ2) is 7.51. The van der Waals surface area contributed by atoms with Gasteiger partial charge in [0.2, 0.25) is 0 Å². The highest BCUT2D eigenvalue weighted by Crippen LogP contribution is 2.15. The third kappa shape index (κ3) is 4.84. The molecule has 0 radical (unpaired) electrons. The van der Waals surface area contributed by atoms with Crippen LogP contribution in [0.1, 0.15) is 17.5 Å². The number of aryl methyl sites for hydroxylation is 1. The number of benzene rings is 1. The average molecular weight is 340 g/mol. The molecule has 0 aliphatic heterocycles. The second-order valence-corrected chi connectivity index (χ2v) is 5.65. The fraction of sp³-hybridized carbons (Fsp3) is 0.267. The maximum atomic E-state index is 5.72. The Labute approximate surface area is 127 Å². The van der Waals surface area contributed by atoms with Crippen molar-refractivity contribution >= 4 is 33.2 Å². The number of hydrogen-bond donors (Lipinski definition) is 1. The molecular weight excluding hydrogens is 324 g/mol. The molecule has 4 heteroatoms. The zero-order chi connectivity index (χ0) is 13.5. The lowest BCUT2D eigenvalue weighted by Gasteiger charge is -2.08. The molecule has 2 rings (SSSR count). The Morgan fingerprint density at radius 3 is 2.84 bits per heavy atom. The first-order valence-electron chi connectivity index (χ1n) is 6.26. The molecule has 1 N–H and O–H groups in total. The Bertz CT molecular complexity index is 531. The van der Waals surface area contributed by atoms with Gasteiger partial charge >= 0.3 is 0 Å². The molecule has 0 atom stereocenters. The van der Waals surface area contributed by atoms with Gasteiger partial charge in [0.15, 0.2) is 0 Å². The van der Waals surface area contributed by atoms with Crippen LogP contribution in [-0.4, -0.2) is 10.9 Å². The number of rotatable bonds is 6. The van der Waals surface area contributed by atoms with Crippen LogP contribution in [0.2, 0.25) is 0 Å². The lowest BCUT2D eigenvalue weighted by Crippen LogP contribution is -2.00. The van der Waals surface area contributed by atoms with E-state index >= 15 is 0 Å². The standard InChI is InChI=1S/C15H16BrClN2/c16-14-7-13(9-18-11-14)10-19-15-5-1-3-12(8-15)4-2-6-17/h1,3,5,7-9,11,19H,2,4,6,10H2. The van der Waals surface area contributed by atoms with E-state index in [1.807, 2.05) is 6.20 Å². The van der Waals surface area contributed by atoms with Crippen molar-refractivity contribution in [1.82, 2.24) is 4.98 Å². The van der Waals surface area contributed by atoms with Crippen molar-refractivity contribution < 1.29 is 0 Å². The van der Waals surface area contributed by atoms with E-state index in [4.69, 9.17) is 11.6 Å². The Kier molecular flexibility index (Phi) is 5.67. The van der Waals surface area contributed by atoms with Gasteiger partial charge in [-0.3, -0.25) is 4.98 Å². The molecule has 100 valence electrons. The van der Waals surface area contributed by atoms with Crippen LogP contribution in [0.3, 0.4) is 0 Å². The van der Waals surface area contributed by atoms with Gasteiger partial charge in [0, 0.05) is 35.0 Å². The van der Waals surface area contributed by atoms with Gasteiger partial charge in [0.05, 0.1) is 0 Å². The fourth-order valence-corrected chi connectivity index (χ4v) is 2.41. The van der Waals surface area contributed by atoms with E-state index in [0.29, 0.717) is 5.88 Å². The highest BCUT2D eigenvalue weighted by Gasteiger charge is 1.98. The monoisotopic (exact) mass is 338 g/mol. The number of halogens is 2. The summed E-state index contributed by atoms with van der Waals surface area (Å²) in [4.78, 5) is 4.15. The van der Waals surface area contributed by atoms with Gasteiger partial charge < -0.3 is 5.32 Å². The van der Waals surface area contributed by atoms with Gasteiger partial charge in [-0.1, -0.05) is 12.1 Å². The van der Waals surface area contributed by atoms with E-state index in [1.165, 1.54) is 5.56 Å². The zero-order valence-corrected chi connectivity index (χ0v) is 12.9. The minimum absolute atomic E-state index is 0.710. The number of nitrogens with one attached hydrogen (secondary N) is 1. The van der Waals surface area contributed by atoms with Crippen molar-refractivity contribution in [3.63, 3.8) is 0 Å². The first-order valence-corrected chi connectivity index (χ1v) is 7.59.